The Morgan fingerprint density at radius 3 is 2.33 bits per heavy atom. The van der Waals surface area contributed by atoms with E-state index in [1.54, 1.807) is 48.5 Å². The van der Waals surface area contributed by atoms with E-state index in [0.717, 1.165) is 4.31 Å². The van der Waals surface area contributed by atoms with E-state index in [0.29, 0.717) is 17.0 Å². The maximum Gasteiger partial charge on any atom is 0.264 e. The summed E-state index contributed by atoms with van der Waals surface area (Å²) < 4.78 is 38.3. The van der Waals surface area contributed by atoms with E-state index < -0.39 is 22.5 Å². The molecule has 33 heavy (non-hydrogen) atoms. The molecule has 0 fully saturated rings. The maximum atomic E-state index is 13.5. The van der Waals surface area contributed by atoms with Gasteiger partial charge in [-0.25, -0.2) is 13.8 Å². The molecule has 0 bridgehead atoms. The number of ether oxygens (including phenoxy) is 2. The third-order valence-electron chi connectivity index (χ3n) is 4.60. The second kappa shape index (κ2) is 10.5. The summed E-state index contributed by atoms with van der Waals surface area (Å²) in [5.41, 5.74) is 2.99. The number of anilines is 1. The lowest BCUT2D eigenvalue weighted by atomic mass is 10.2. The molecule has 0 aliphatic rings. The predicted molar refractivity (Wildman–Crippen MR) is 124 cm³/mol. The molecule has 172 valence electrons. The van der Waals surface area contributed by atoms with Crippen molar-refractivity contribution in [2.75, 3.05) is 25.1 Å². The maximum absolute atomic E-state index is 13.5. The number of methoxy groups -OCH3 is 2. The highest BCUT2D eigenvalue weighted by atomic mass is 32.2. The zero-order chi connectivity index (χ0) is 23.8. The summed E-state index contributed by atoms with van der Waals surface area (Å²) in [6.45, 7) is -0.529. The first-order valence-electron chi connectivity index (χ1n) is 9.76. The van der Waals surface area contributed by atoms with E-state index in [4.69, 9.17) is 9.47 Å². The van der Waals surface area contributed by atoms with Crippen molar-refractivity contribution in [1.82, 2.24) is 5.43 Å². The summed E-state index contributed by atoms with van der Waals surface area (Å²) in [7, 11) is -1.30. The van der Waals surface area contributed by atoms with E-state index in [1.807, 2.05) is 0 Å². The molecule has 0 unspecified atom stereocenters. The van der Waals surface area contributed by atoms with Gasteiger partial charge in [0, 0.05) is 11.6 Å². The fraction of sp³-hybridized carbons (Fsp3) is 0.130. The van der Waals surface area contributed by atoms with E-state index in [-0.39, 0.29) is 16.4 Å². The fourth-order valence-electron chi connectivity index (χ4n) is 2.95. The van der Waals surface area contributed by atoms with Crippen molar-refractivity contribution in [1.29, 1.82) is 0 Å². The van der Waals surface area contributed by atoms with Gasteiger partial charge >= 0.3 is 0 Å². The van der Waals surface area contributed by atoms with Crippen LogP contribution in [0.2, 0.25) is 0 Å². The smallest absolute Gasteiger partial charge is 0.264 e. The number of sulfonamides is 1. The number of phenols is 1. The normalized spacial score (nSPS) is 11.2. The quantitative estimate of drug-likeness (QED) is 0.368. The Balaban J connectivity index is 1.88. The van der Waals surface area contributed by atoms with E-state index in [9.17, 15) is 18.3 Å². The van der Waals surface area contributed by atoms with Crippen molar-refractivity contribution in [3.05, 3.63) is 78.4 Å². The molecule has 9 nitrogen and oxygen atoms in total. The monoisotopic (exact) mass is 469 g/mol. The molecule has 3 aromatic carbocycles. The Kier molecular flexibility index (Phi) is 7.52. The Labute approximate surface area is 191 Å². The number of nitrogens with one attached hydrogen (secondary N) is 1. The van der Waals surface area contributed by atoms with Crippen LogP contribution < -0.4 is 19.2 Å². The first-order valence-corrected chi connectivity index (χ1v) is 11.2. The van der Waals surface area contributed by atoms with Crippen LogP contribution >= 0.6 is 0 Å². The molecular formula is C23H23N3O6S. The van der Waals surface area contributed by atoms with Gasteiger partial charge in [-0.15, -0.1) is 0 Å². The minimum Gasteiger partial charge on any atom is -0.507 e. The van der Waals surface area contributed by atoms with Crippen molar-refractivity contribution in [3.8, 4) is 17.2 Å². The number of benzene rings is 3. The summed E-state index contributed by atoms with van der Waals surface area (Å²) in [6, 6.07) is 18.9. The Morgan fingerprint density at radius 2 is 1.67 bits per heavy atom. The zero-order valence-corrected chi connectivity index (χ0v) is 18.8. The number of carbonyl (C=O) groups excluding carboxylic acids is 1. The van der Waals surface area contributed by atoms with Crippen molar-refractivity contribution in [3.63, 3.8) is 0 Å². The molecular weight excluding hydrogens is 446 g/mol. The summed E-state index contributed by atoms with van der Waals surface area (Å²) in [5, 5.41) is 13.6. The van der Waals surface area contributed by atoms with Gasteiger partial charge in [0.1, 0.15) is 12.3 Å². The summed E-state index contributed by atoms with van der Waals surface area (Å²) in [6.07, 6.45) is 1.27. The molecule has 1 amide bonds. The lowest BCUT2D eigenvalue weighted by molar-refractivity contribution is -0.119. The van der Waals surface area contributed by atoms with Crippen LogP contribution in [-0.4, -0.2) is 46.4 Å². The molecule has 10 heteroatoms. The number of phenolic OH excluding ortho intramolecular Hbond substituents is 1. The molecule has 0 saturated carbocycles. The van der Waals surface area contributed by atoms with Crippen LogP contribution in [0.15, 0.2) is 82.8 Å². The van der Waals surface area contributed by atoms with Crippen LogP contribution in [0, 0.1) is 0 Å². The highest BCUT2D eigenvalue weighted by Gasteiger charge is 2.28. The van der Waals surface area contributed by atoms with Crippen LogP contribution in [0.5, 0.6) is 17.2 Å². The summed E-state index contributed by atoms with van der Waals surface area (Å²) >= 11 is 0. The van der Waals surface area contributed by atoms with Gasteiger partial charge in [-0.2, -0.15) is 5.10 Å². The third-order valence-corrected chi connectivity index (χ3v) is 6.37. The molecule has 0 saturated heterocycles. The molecule has 0 aliphatic carbocycles. The number of para-hydroxylation sites is 2. The number of amides is 1. The highest BCUT2D eigenvalue weighted by Crippen LogP contribution is 2.32. The van der Waals surface area contributed by atoms with Gasteiger partial charge in [0.05, 0.1) is 31.0 Å². The number of hydrazone groups is 1. The first kappa shape index (κ1) is 23.6. The van der Waals surface area contributed by atoms with Crippen LogP contribution in [-0.2, 0) is 14.8 Å². The zero-order valence-electron chi connectivity index (χ0n) is 18.0. The summed E-state index contributed by atoms with van der Waals surface area (Å²) in [5.74, 6) is -0.0609. The standard InChI is InChI=1S/C23H23N3O6S/c1-31-21-13-12-19(14-22(21)32-2)33(29,30)26(18-9-4-3-5-10-18)16-23(28)25-24-15-17-8-6-7-11-20(17)27/h3-15,27H,16H2,1-2H3,(H,25,28)/b24-15-. The SMILES string of the molecule is COc1ccc(S(=O)(=O)N(CC(=O)N/N=C\c2ccccc2O)c2ccccc2)cc1OC. The van der Waals surface area contributed by atoms with E-state index in [2.05, 4.69) is 10.5 Å². The third kappa shape index (κ3) is 5.60. The molecule has 0 aromatic heterocycles. The molecule has 0 heterocycles. The average Bonchev–Trinajstić information content (AvgIpc) is 2.83. The van der Waals surface area contributed by atoms with Crippen molar-refractivity contribution in [2.24, 2.45) is 5.10 Å². The predicted octanol–water partition coefficient (Wildman–Crippen LogP) is 2.76. The lowest BCUT2D eigenvalue weighted by Gasteiger charge is -2.24. The number of aromatic hydroxyl groups is 1. The van der Waals surface area contributed by atoms with Crippen LogP contribution in [0.3, 0.4) is 0 Å². The molecule has 3 aromatic rings. The molecule has 0 radical (unpaired) electrons. The van der Waals surface area contributed by atoms with Crippen molar-refractivity contribution >= 4 is 27.8 Å². The molecule has 0 aliphatic heterocycles. The summed E-state index contributed by atoms with van der Waals surface area (Å²) in [4.78, 5) is 12.5. The van der Waals surface area contributed by atoms with E-state index in [1.165, 1.54) is 44.7 Å². The van der Waals surface area contributed by atoms with Gasteiger partial charge in [-0.05, 0) is 36.4 Å². The minimum absolute atomic E-state index is 0.00237. The van der Waals surface area contributed by atoms with Gasteiger partial charge in [0.15, 0.2) is 11.5 Å². The molecule has 3 rings (SSSR count). The van der Waals surface area contributed by atoms with Crippen LogP contribution in [0.1, 0.15) is 5.56 Å². The van der Waals surface area contributed by atoms with Crippen molar-refractivity contribution in [2.45, 2.75) is 4.90 Å². The second-order valence-electron chi connectivity index (χ2n) is 6.72. The lowest BCUT2D eigenvalue weighted by Crippen LogP contribution is -2.39. The van der Waals surface area contributed by atoms with Gasteiger partial charge in [0.2, 0.25) is 0 Å². The van der Waals surface area contributed by atoms with Crippen molar-refractivity contribution < 1.29 is 27.8 Å². The van der Waals surface area contributed by atoms with Gasteiger partial charge in [-0.3, -0.25) is 9.10 Å². The molecule has 0 atom stereocenters. The number of rotatable bonds is 9. The minimum atomic E-state index is -4.15. The Hall–Kier alpha value is -4.05. The molecule has 0 spiro atoms. The average molecular weight is 470 g/mol. The highest BCUT2D eigenvalue weighted by molar-refractivity contribution is 7.92. The van der Waals surface area contributed by atoms with E-state index >= 15 is 0 Å². The topological polar surface area (TPSA) is 118 Å². The number of hydrogen-bond acceptors (Lipinski definition) is 7. The number of hydrogen-bond donors (Lipinski definition) is 2. The second-order valence-corrected chi connectivity index (χ2v) is 8.58. The number of nitrogens with zero attached hydrogens (tertiary/aromatic N) is 2. The fourth-order valence-corrected chi connectivity index (χ4v) is 4.39. The van der Waals surface area contributed by atoms with Crippen LogP contribution in [0.4, 0.5) is 5.69 Å². The Bertz CT molecular complexity index is 1250. The first-order chi connectivity index (χ1) is 15.9. The van der Waals surface area contributed by atoms with Gasteiger partial charge in [0.25, 0.3) is 15.9 Å². The van der Waals surface area contributed by atoms with Crippen LogP contribution in [0.25, 0.3) is 0 Å². The number of carbonyl (C=O) groups is 1. The van der Waals surface area contributed by atoms with Gasteiger partial charge < -0.3 is 14.6 Å². The largest absolute Gasteiger partial charge is 0.507 e. The molecule has 2 N–H and O–H groups in total. The Morgan fingerprint density at radius 1 is 1.00 bits per heavy atom. The van der Waals surface area contributed by atoms with Gasteiger partial charge in [-0.1, -0.05) is 30.3 Å².